The van der Waals surface area contributed by atoms with Crippen molar-refractivity contribution >= 4 is 16.5 Å². The van der Waals surface area contributed by atoms with E-state index in [-0.39, 0.29) is 0 Å². The van der Waals surface area contributed by atoms with Crippen LogP contribution in [0.5, 0.6) is 0 Å². The van der Waals surface area contributed by atoms with Gasteiger partial charge < -0.3 is 14.6 Å². The van der Waals surface area contributed by atoms with E-state index in [1.807, 2.05) is 6.07 Å². The standard InChI is InChI=1S/C22H24N2O/c1-2-6-18(7-3-1)17-25-15-14-24-16-21(19-10-12-23-13-11-19)20-8-4-5-9-22(20)24/h1-10,16,23H,11-15,17H2. The average molecular weight is 332 g/mol. The summed E-state index contributed by atoms with van der Waals surface area (Å²) in [6, 6.07) is 19.0. The molecule has 0 saturated heterocycles. The van der Waals surface area contributed by atoms with Crippen LogP contribution in [0.25, 0.3) is 16.5 Å². The number of hydrogen-bond donors (Lipinski definition) is 1. The lowest BCUT2D eigenvalue weighted by Gasteiger charge is -2.13. The molecular formula is C22H24N2O. The van der Waals surface area contributed by atoms with Gasteiger partial charge in [-0.25, -0.2) is 0 Å². The van der Waals surface area contributed by atoms with Gasteiger partial charge in [0, 0.05) is 35.8 Å². The summed E-state index contributed by atoms with van der Waals surface area (Å²) in [6.07, 6.45) is 5.72. The third kappa shape index (κ3) is 3.68. The van der Waals surface area contributed by atoms with Gasteiger partial charge >= 0.3 is 0 Å². The summed E-state index contributed by atoms with van der Waals surface area (Å²) >= 11 is 0. The number of benzene rings is 2. The van der Waals surface area contributed by atoms with Crippen LogP contribution in [-0.4, -0.2) is 24.3 Å². The highest BCUT2D eigenvalue weighted by Crippen LogP contribution is 2.29. The predicted molar refractivity (Wildman–Crippen MR) is 103 cm³/mol. The molecule has 0 spiro atoms. The van der Waals surface area contributed by atoms with Gasteiger partial charge in [-0.05, 0) is 30.2 Å². The number of nitrogens with one attached hydrogen (secondary N) is 1. The molecule has 0 amide bonds. The van der Waals surface area contributed by atoms with E-state index in [1.54, 1.807) is 0 Å². The molecule has 1 aliphatic heterocycles. The monoisotopic (exact) mass is 332 g/mol. The minimum atomic E-state index is 0.670. The third-order valence-corrected chi connectivity index (χ3v) is 4.79. The Morgan fingerprint density at radius 1 is 1.00 bits per heavy atom. The topological polar surface area (TPSA) is 26.2 Å². The van der Waals surface area contributed by atoms with E-state index in [1.165, 1.54) is 27.6 Å². The summed E-state index contributed by atoms with van der Waals surface area (Å²) in [4.78, 5) is 0. The molecular weight excluding hydrogens is 308 g/mol. The quantitative estimate of drug-likeness (QED) is 0.684. The molecule has 3 nitrogen and oxygen atoms in total. The first-order valence-electron chi connectivity index (χ1n) is 9.01. The maximum Gasteiger partial charge on any atom is 0.0717 e. The van der Waals surface area contributed by atoms with Gasteiger partial charge in [0.25, 0.3) is 0 Å². The molecule has 0 atom stereocenters. The molecule has 25 heavy (non-hydrogen) atoms. The number of rotatable bonds is 6. The smallest absolute Gasteiger partial charge is 0.0717 e. The highest BCUT2D eigenvalue weighted by Gasteiger charge is 2.13. The van der Waals surface area contributed by atoms with Gasteiger partial charge in [0.1, 0.15) is 0 Å². The van der Waals surface area contributed by atoms with Crippen LogP contribution in [0.3, 0.4) is 0 Å². The second-order valence-electron chi connectivity index (χ2n) is 6.47. The molecule has 0 fully saturated rings. The van der Waals surface area contributed by atoms with Crippen LogP contribution in [0.1, 0.15) is 17.5 Å². The highest BCUT2D eigenvalue weighted by atomic mass is 16.5. The molecule has 3 heteroatoms. The van der Waals surface area contributed by atoms with Crippen molar-refractivity contribution in [3.05, 3.63) is 78.0 Å². The van der Waals surface area contributed by atoms with E-state index in [0.717, 1.165) is 26.1 Å². The van der Waals surface area contributed by atoms with E-state index >= 15 is 0 Å². The summed E-state index contributed by atoms with van der Waals surface area (Å²) in [6.45, 7) is 4.29. The predicted octanol–water partition coefficient (Wildman–Crippen LogP) is 4.23. The largest absolute Gasteiger partial charge is 0.375 e. The normalized spacial score (nSPS) is 14.6. The Balaban J connectivity index is 1.49. The summed E-state index contributed by atoms with van der Waals surface area (Å²) in [5.74, 6) is 0. The summed E-state index contributed by atoms with van der Waals surface area (Å²) in [7, 11) is 0. The first-order chi connectivity index (χ1) is 12.4. The van der Waals surface area contributed by atoms with Crippen LogP contribution in [0.2, 0.25) is 0 Å². The van der Waals surface area contributed by atoms with Crippen molar-refractivity contribution in [1.82, 2.24) is 9.88 Å². The summed E-state index contributed by atoms with van der Waals surface area (Å²) in [5, 5.41) is 4.74. The molecule has 1 aliphatic rings. The second-order valence-corrected chi connectivity index (χ2v) is 6.47. The number of fused-ring (bicyclic) bond motifs is 1. The Morgan fingerprint density at radius 2 is 1.84 bits per heavy atom. The van der Waals surface area contributed by atoms with Crippen molar-refractivity contribution in [1.29, 1.82) is 0 Å². The van der Waals surface area contributed by atoms with Crippen molar-refractivity contribution < 1.29 is 4.74 Å². The van der Waals surface area contributed by atoms with Crippen molar-refractivity contribution in [2.24, 2.45) is 0 Å². The zero-order valence-electron chi connectivity index (χ0n) is 14.4. The van der Waals surface area contributed by atoms with Gasteiger partial charge in [-0.3, -0.25) is 0 Å². The Kier molecular flexibility index (Phi) is 4.96. The fraction of sp³-hybridized carbons (Fsp3) is 0.273. The van der Waals surface area contributed by atoms with E-state index in [2.05, 4.69) is 70.7 Å². The van der Waals surface area contributed by atoms with Crippen LogP contribution in [0, 0.1) is 0 Å². The van der Waals surface area contributed by atoms with E-state index in [0.29, 0.717) is 13.2 Å². The maximum atomic E-state index is 5.88. The molecule has 0 radical (unpaired) electrons. The molecule has 3 aromatic rings. The lowest BCUT2D eigenvalue weighted by Crippen LogP contribution is -2.19. The van der Waals surface area contributed by atoms with Crippen molar-refractivity contribution in [3.63, 3.8) is 0 Å². The zero-order chi connectivity index (χ0) is 16.9. The van der Waals surface area contributed by atoms with Crippen LogP contribution < -0.4 is 5.32 Å². The summed E-state index contributed by atoms with van der Waals surface area (Å²) < 4.78 is 8.21. The Morgan fingerprint density at radius 3 is 2.68 bits per heavy atom. The number of hydrogen-bond acceptors (Lipinski definition) is 2. The zero-order valence-corrected chi connectivity index (χ0v) is 14.4. The fourth-order valence-corrected chi connectivity index (χ4v) is 3.48. The van der Waals surface area contributed by atoms with Gasteiger partial charge in [0.05, 0.1) is 13.2 Å². The van der Waals surface area contributed by atoms with Gasteiger partial charge in [0.2, 0.25) is 0 Å². The van der Waals surface area contributed by atoms with E-state index in [9.17, 15) is 0 Å². The van der Waals surface area contributed by atoms with Crippen LogP contribution >= 0.6 is 0 Å². The lowest BCUT2D eigenvalue weighted by molar-refractivity contribution is 0.114. The van der Waals surface area contributed by atoms with Crippen molar-refractivity contribution in [3.8, 4) is 0 Å². The molecule has 1 N–H and O–H groups in total. The molecule has 0 bridgehead atoms. The third-order valence-electron chi connectivity index (χ3n) is 4.79. The van der Waals surface area contributed by atoms with Crippen LogP contribution in [-0.2, 0) is 17.9 Å². The van der Waals surface area contributed by atoms with Gasteiger partial charge in [0.15, 0.2) is 0 Å². The van der Waals surface area contributed by atoms with Gasteiger partial charge in [-0.2, -0.15) is 0 Å². The van der Waals surface area contributed by atoms with Crippen LogP contribution in [0.15, 0.2) is 66.9 Å². The number of ether oxygens (including phenoxy) is 1. The summed E-state index contributed by atoms with van der Waals surface area (Å²) in [5.41, 5.74) is 5.35. The van der Waals surface area contributed by atoms with Crippen molar-refractivity contribution in [2.45, 2.75) is 19.6 Å². The minimum Gasteiger partial charge on any atom is -0.375 e. The van der Waals surface area contributed by atoms with Gasteiger partial charge in [-0.1, -0.05) is 54.6 Å². The number of nitrogens with zero attached hydrogens (tertiary/aromatic N) is 1. The molecule has 0 aliphatic carbocycles. The maximum absolute atomic E-state index is 5.88. The van der Waals surface area contributed by atoms with E-state index < -0.39 is 0 Å². The first kappa shape index (κ1) is 16.1. The molecule has 1 aromatic heterocycles. The van der Waals surface area contributed by atoms with Crippen LogP contribution in [0.4, 0.5) is 0 Å². The molecule has 4 rings (SSSR count). The Hall–Kier alpha value is -2.36. The average Bonchev–Trinajstić information content (AvgIpc) is 3.06. The Labute approximate surface area is 148 Å². The Bertz CT molecular complexity index is 864. The molecule has 2 aromatic carbocycles. The SMILES string of the molecule is C1=C(c2cn(CCOCc3ccccc3)c3ccccc23)CCNC1. The number of aromatic nitrogens is 1. The molecule has 2 heterocycles. The first-order valence-corrected chi connectivity index (χ1v) is 9.01. The molecule has 0 unspecified atom stereocenters. The highest BCUT2D eigenvalue weighted by molar-refractivity contribution is 5.93. The lowest BCUT2D eigenvalue weighted by atomic mass is 10.00. The van der Waals surface area contributed by atoms with Gasteiger partial charge in [-0.15, -0.1) is 0 Å². The second kappa shape index (κ2) is 7.68. The fourth-order valence-electron chi connectivity index (χ4n) is 3.48. The number of para-hydroxylation sites is 1. The molecule has 0 saturated carbocycles. The van der Waals surface area contributed by atoms with E-state index in [4.69, 9.17) is 4.74 Å². The molecule has 128 valence electrons. The minimum absolute atomic E-state index is 0.670. The van der Waals surface area contributed by atoms with Crippen molar-refractivity contribution in [2.75, 3.05) is 19.7 Å².